The summed E-state index contributed by atoms with van der Waals surface area (Å²) in [5.41, 5.74) is 1.85. The summed E-state index contributed by atoms with van der Waals surface area (Å²) in [4.78, 5) is 26.3. The van der Waals surface area contributed by atoms with Gasteiger partial charge in [0.05, 0.1) is 10.5 Å². The molecule has 0 aliphatic heterocycles. The Morgan fingerprint density at radius 3 is 2.38 bits per heavy atom. The Balaban J connectivity index is 2.02. The van der Waals surface area contributed by atoms with Crippen molar-refractivity contribution in [1.29, 1.82) is 0 Å². The van der Waals surface area contributed by atoms with Gasteiger partial charge in [-0.2, -0.15) is 0 Å². The van der Waals surface area contributed by atoms with Crippen LogP contribution in [-0.2, 0) is 19.6 Å². The second-order valence-electron chi connectivity index (χ2n) is 6.17. The standard InChI is InChI=1S/C21H24N2O5S/c1-4-14-22-29(26,27)18-12-10-17(11-13-18)21(25)28-15-20(24)23(5-2)19-9-7-6-8-16(19)3/h4,6-13,22H,1,5,14-15H2,2-3H3. The van der Waals surface area contributed by atoms with E-state index < -0.39 is 22.6 Å². The molecule has 0 spiro atoms. The minimum Gasteiger partial charge on any atom is -0.452 e. The van der Waals surface area contributed by atoms with Crippen molar-refractivity contribution in [3.05, 3.63) is 72.3 Å². The Hall–Kier alpha value is -2.97. The molecule has 8 heteroatoms. The van der Waals surface area contributed by atoms with Crippen LogP contribution >= 0.6 is 0 Å². The molecule has 29 heavy (non-hydrogen) atoms. The van der Waals surface area contributed by atoms with Gasteiger partial charge in [0.2, 0.25) is 10.0 Å². The van der Waals surface area contributed by atoms with Gasteiger partial charge in [-0.05, 0) is 49.7 Å². The number of amides is 1. The maximum atomic E-state index is 12.5. The average Bonchev–Trinajstić information content (AvgIpc) is 2.72. The van der Waals surface area contributed by atoms with E-state index >= 15 is 0 Å². The molecule has 154 valence electrons. The van der Waals surface area contributed by atoms with E-state index in [2.05, 4.69) is 11.3 Å². The van der Waals surface area contributed by atoms with Crippen LogP contribution in [0.25, 0.3) is 0 Å². The Kier molecular flexibility index (Phi) is 7.69. The van der Waals surface area contributed by atoms with Gasteiger partial charge in [-0.25, -0.2) is 17.9 Å². The molecule has 0 aliphatic carbocycles. The molecule has 0 fully saturated rings. The highest BCUT2D eigenvalue weighted by molar-refractivity contribution is 7.89. The summed E-state index contributed by atoms with van der Waals surface area (Å²) < 4.78 is 31.5. The molecule has 0 atom stereocenters. The van der Waals surface area contributed by atoms with Crippen LogP contribution < -0.4 is 9.62 Å². The zero-order valence-corrected chi connectivity index (χ0v) is 17.2. The number of benzene rings is 2. The number of rotatable bonds is 9. The Morgan fingerprint density at radius 1 is 1.14 bits per heavy atom. The number of anilines is 1. The van der Waals surface area contributed by atoms with Gasteiger partial charge in [0.15, 0.2) is 6.61 Å². The molecule has 0 radical (unpaired) electrons. The van der Waals surface area contributed by atoms with Crippen molar-refractivity contribution in [3.63, 3.8) is 0 Å². The summed E-state index contributed by atoms with van der Waals surface area (Å²) >= 11 is 0. The van der Waals surface area contributed by atoms with E-state index in [1.807, 2.05) is 38.1 Å². The topological polar surface area (TPSA) is 92.8 Å². The largest absolute Gasteiger partial charge is 0.452 e. The third-order valence-corrected chi connectivity index (χ3v) is 5.61. The number of ether oxygens (including phenoxy) is 1. The number of carbonyl (C=O) groups excluding carboxylic acids is 2. The van der Waals surface area contributed by atoms with E-state index in [-0.39, 0.29) is 22.9 Å². The minimum atomic E-state index is -3.67. The number of nitrogens with one attached hydrogen (secondary N) is 1. The number of aryl methyl sites for hydroxylation is 1. The fourth-order valence-corrected chi connectivity index (χ4v) is 3.66. The molecule has 0 aliphatic rings. The fourth-order valence-electron chi connectivity index (χ4n) is 2.66. The van der Waals surface area contributed by atoms with E-state index in [9.17, 15) is 18.0 Å². The Bertz CT molecular complexity index is 984. The summed E-state index contributed by atoms with van der Waals surface area (Å²) in [5, 5.41) is 0. The average molecular weight is 416 g/mol. The molecule has 7 nitrogen and oxygen atoms in total. The van der Waals surface area contributed by atoms with E-state index in [0.29, 0.717) is 6.54 Å². The summed E-state index contributed by atoms with van der Waals surface area (Å²) in [7, 11) is -3.67. The van der Waals surface area contributed by atoms with Crippen molar-refractivity contribution in [3.8, 4) is 0 Å². The van der Waals surface area contributed by atoms with Crippen molar-refractivity contribution in [2.45, 2.75) is 18.7 Å². The number of hydrogen-bond acceptors (Lipinski definition) is 5. The molecule has 0 saturated heterocycles. The van der Waals surface area contributed by atoms with Gasteiger partial charge >= 0.3 is 5.97 Å². The zero-order chi connectivity index (χ0) is 21.4. The van der Waals surface area contributed by atoms with Crippen molar-refractivity contribution in [1.82, 2.24) is 4.72 Å². The molecule has 2 aromatic carbocycles. The molecule has 0 aromatic heterocycles. The highest BCUT2D eigenvalue weighted by Gasteiger charge is 2.19. The molecule has 0 saturated carbocycles. The molecular weight excluding hydrogens is 392 g/mol. The second-order valence-corrected chi connectivity index (χ2v) is 7.93. The smallest absolute Gasteiger partial charge is 0.338 e. The van der Waals surface area contributed by atoms with E-state index in [1.54, 1.807) is 4.90 Å². The van der Waals surface area contributed by atoms with Gasteiger partial charge in [-0.1, -0.05) is 24.3 Å². The lowest BCUT2D eigenvalue weighted by atomic mass is 10.2. The van der Waals surface area contributed by atoms with Crippen LogP contribution in [0.1, 0.15) is 22.8 Å². The number of hydrogen-bond donors (Lipinski definition) is 1. The molecular formula is C21H24N2O5S. The second kappa shape index (κ2) is 9.99. The highest BCUT2D eigenvalue weighted by atomic mass is 32.2. The van der Waals surface area contributed by atoms with Gasteiger partial charge in [0.1, 0.15) is 0 Å². The lowest BCUT2D eigenvalue weighted by molar-refractivity contribution is -0.121. The molecule has 1 N–H and O–H groups in total. The predicted octanol–water partition coefficient (Wildman–Crippen LogP) is 2.67. The minimum absolute atomic E-state index is 0.0173. The third-order valence-electron chi connectivity index (χ3n) is 4.17. The number of likely N-dealkylation sites (N-methyl/N-ethyl adjacent to an activating group) is 1. The third kappa shape index (κ3) is 5.75. The first-order valence-corrected chi connectivity index (χ1v) is 10.5. The van der Waals surface area contributed by atoms with Gasteiger partial charge in [0.25, 0.3) is 5.91 Å². The zero-order valence-electron chi connectivity index (χ0n) is 16.4. The van der Waals surface area contributed by atoms with E-state index in [0.717, 1.165) is 11.3 Å². The van der Waals surface area contributed by atoms with Crippen LogP contribution in [0.5, 0.6) is 0 Å². The molecule has 0 heterocycles. The van der Waals surface area contributed by atoms with Crippen LogP contribution in [0, 0.1) is 6.92 Å². The molecule has 1 amide bonds. The predicted molar refractivity (Wildman–Crippen MR) is 111 cm³/mol. The van der Waals surface area contributed by atoms with Crippen LogP contribution in [0.4, 0.5) is 5.69 Å². The first-order chi connectivity index (χ1) is 13.8. The maximum Gasteiger partial charge on any atom is 0.338 e. The van der Waals surface area contributed by atoms with Gasteiger partial charge in [-0.15, -0.1) is 6.58 Å². The van der Waals surface area contributed by atoms with Gasteiger partial charge in [0, 0.05) is 18.8 Å². The number of nitrogens with zero attached hydrogens (tertiary/aromatic N) is 1. The molecule has 0 unspecified atom stereocenters. The number of para-hydroxylation sites is 1. The van der Waals surface area contributed by atoms with Gasteiger partial charge < -0.3 is 9.64 Å². The summed E-state index contributed by atoms with van der Waals surface area (Å²) in [6, 6.07) is 12.7. The molecule has 0 bridgehead atoms. The summed E-state index contributed by atoms with van der Waals surface area (Å²) in [6.45, 7) is 7.31. The lowest BCUT2D eigenvalue weighted by Gasteiger charge is -2.22. The van der Waals surface area contributed by atoms with Crippen molar-refractivity contribution < 1.29 is 22.7 Å². The monoisotopic (exact) mass is 416 g/mol. The Labute approximate surface area is 171 Å². The maximum absolute atomic E-state index is 12.5. The normalized spacial score (nSPS) is 11.0. The quantitative estimate of drug-likeness (QED) is 0.501. The summed E-state index contributed by atoms with van der Waals surface area (Å²) in [5.74, 6) is -1.05. The van der Waals surface area contributed by atoms with Crippen molar-refractivity contribution in [2.24, 2.45) is 0 Å². The van der Waals surface area contributed by atoms with E-state index in [4.69, 9.17) is 4.74 Å². The molecule has 2 rings (SSSR count). The van der Waals surface area contributed by atoms with Gasteiger partial charge in [-0.3, -0.25) is 4.79 Å². The SMILES string of the molecule is C=CCNS(=O)(=O)c1ccc(C(=O)OCC(=O)N(CC)c2ccccc2C)cc1. The highest BCUT2D eigenvalue weighted by Crippen LogP contribution is 2.19. The van der Waals surface area contributed by atoms with Crippen LogP contribution in [0.2, 0.25) is 0 Å². The number of sulfonamides is 1. The van der Waals surface area contributed by atoms with Crippen LogP contribution in [0.3, 0.4) is 0 Å². The van der Waals surface area contributed by atoms with E-state index in [1.165, 1.54) is 30.3 Å². The fraction of sp³-hybridized carbons (Fsp3) is 0.238. The first kappa shape index (κ1) is 22.3. The molecule has 2 aromatic rings. The first-order valence-electron chi connectivity index (χ1n) is 9.04. The van der Waals surface area contributed by atoms with Crippen LogP contribution in [0.15, 0.2) is 66.1 Å². The van der Waals surface area contributed by atoms with Crippen LogP contribution in [-0.4, -0.2) is 40.0 Å². The lowest BCUT2D eigenvalue weighted by Crippen LogP contribution is -2.35. The Morgan fingerprint density at radius 2 is 1.79 bits per heavy atom. The number of carbonyl (C=O) groups is 2. The van der Waals surface area contributed by atoms with Crippen molar-refractivity contribution >= 4 is 27.6 Å². The summed E-state index contributed by atoms with van der Waals surface area (Å²) in [6.07, 6.45) is 1.43. The number of esters is 1. The van der Waals surface area contributed by atoms with Crippen molar-refractivity contribution in [2.75, 3.05) is 24.6 Å².